The van der Waals surface area contributed by atoms with Crippen LogP contribution in [-0.2, 0) is 11.3 Å². The lowest BCUT2D eigenvalue weighted by molar-refractivity contribution is -0.122. The number of fused-ring (bicyclic) bond motifs is 2. The molecule has 0 spiro atoms. The minimum Gasteiger partial charge on any atom is -0.454 e. The molecule has 0 unspecified atom stereocenters. The lowest BCUT2D eigenvalue weighted by atomic mass is 10.1. The standard InChI is InChI=1S/C31H26FN5O4S2/c1-19-3-2-10-36-27(19)33-28(35-13-11-34(12-14-35)22-7-5-21(32)6-8-22)23(29(36)38)16-26-30(39)37(31(42)43-26)17-20-4-9-24-25(15-20)41-18-40-24/h2-10,15-16H,11-14,17-18H2,1H3/b26-16+. The number of nitrogens with zero attached hydrogens (tertiary/aromatic N) is 5. The number of aryl methyl sites for hydroxylation is 1. The normalized spacial score (nSPS) is 17.5. The summed E-state index contributed by atoms with van der Waals surface area (Å²) in [7, 11) is 0. The summed E-state index contributed by atoms with van der Waals surface area (Å²) in [5.74, 6) is 1.28. The van der Waals surface area contributed by atoms with Crippen molar-refractivity contribution in [2.45, 2.75) is 13.5 Å². The molecule has 0 aliphatic carbocycles. The van der Waals surface area contributed by atoms with Gasteiger partial charge in [0.1, 0.15) is 21.6 Å². The number of amides is 1. The fourth-order valence-electron chi connectivity index (χ4n) is 5.49. The van der Waals surface area contributed by atoms with Gasteiger partial charge >= 0.3 is 0 Å². The summed E-state index contributed by atoms with van der Waals surface area (Å²) in [6, 6.07) is 15.7. The number of thioether (sulfide) groups is 1. The molecular weight excluding hydrogens is 590 g/mol. The molecule has 0 bridgehead atoms. The monoisotopic (exact) mass is 615 g/mol. The highest BCUT2D eigenvalue weighted by Crippen LogP contribution is 2.37. The van der Waals surface area contributed by atoms with E-state index in [1.54, 1.807) is 30.5 Å². The molecule has 0 N–H and O–H groups in total. The van der Waals surface area contributed by atoms with Gasteiger partial charge in [0, 0.05) is 38.1 Å². The predicted octanol–water partition coefficient (Wildman–Crippen LogP) is 4.60. The number of hydrogen-bond acceptors (Lipinski definition) is 9. The van der Waals surface area contributed by atoms with E-state index in [-0.39, 0.29) is 30.6 Å². The maximum Gasteiger partial charge on any atom is 0.267 e. The number of carbonyl (C=O) groups is 1. The van der Waals surface area contributed by atoms with Crippen LogP contribution in [0.3, 0.4) is 0 Å². The molecule has 3 aliphatic heterocycles. The number of piperazine rings is 1. The van der Waals surface area contributed by atoms with Crippen LogP contribution in [0.1, 0.15) is 16.7 Å². The number of rotatable bonds is 5. The molecule has 218 valence electrons. The van der Waals surface area contributed by atoms with Crippen molar-refractivity contribution in [3.8, 4) is 11.5 Å². The molecule has 0 radical (unpaired) electrons. The molecule has 4 aromatic rings. The van der Waals surface area contributed by atoms with Gasteiger partial charge in [-0.25, -0.2) is 9.37 Å². The lowest BCUT2D eigenvalue weighted by Gasteiger charge is -2.37. The van der Waals surface area contributed by atoms with E-state index in [0.717, 1.165) is 16.8 Å². The molecular formula is C31H26FN5O4S2. The summed E-state index contributed by atoms with van der Waals surface area (Å²) in [5, 5.41) is 0. The molecule has 0 saturated carbocycles. The van der Waals surface area contributed by atoms with Crippen LogP contribution in [0.2, 0.25) is 0 Å². The molecule has 2 saturated heterocycles. The topological polar surface area (TPSA) is 79.6 Å². The van der Waals surface area contributed by atoms with E-state index in [1.807, 2.05) is 31.2 Å². The molecule has 2 fully saturated rings. The first-order valence-electron chi connectivity index (χ1n) is 13.8. The third kappa shape index (κ3) is 5.10. The highest BCUT2D eigenvalue weighted by Gasteiger charge is 2.34. The SMILES string of the molecule is Cc1cccn2c(=O)c(/C=C3/SC(=S)N(Cc4ccc5c(c4)OCO5)C3=O)c(N3CCN(c4ccc(F)cc4)CC3)nc12. The van der Waals surface area contributed by atoms with Crippen molar-refractivity contribution < 1.29 is 18.7 Å². The van der Waals surface area contributed by atoms with Crippen LogP contribution in [0.25, 0.3) is 11.7 Å². The molecule has 5 heterocycles. The summed E-state index contributed by atoms with van der Waals surface area (Å²) in [6.07, 6.45) is 3.32. The molecule has 2 aromatic carbocycles. The Labute approximate surface area is 256 Å². The Morgan fingerprint density at radius 1 is 1.00 bits per heavy atom. The van der Waals surface area contributed by atoms with Crippen LogP contribution >= 0.6 is 24.0 Å². The van der Waals surface area contributed by atoms with Gasteiger partial charge in [-0.15, -0.1) is 0 Å². The van der Waals surface area contributed by atoms with Gasteiger partial charge in [-0.3, -0.25) is 18.9 Å². The first kappa shape index (κ1) is 27.4. The maximum atomic E-state index is 13.9. The molecule has 43 heavy (non-hydrogen) atoms. The smallest absolute Gasteiger partial charge is 0.267 e. The predicted molar refractivity (Wildman–Crippen MR) is 168 cm³/mol. The third-order valence-electron chi connectivity index (χ3n) is 7.76. The van der Waals surface area contributed by atoms with Crippen molar-refractivity contribution in [1.29, 1.82) is 0 Å². The van der Waals surface area contributed by atoms with Gasteiger partial charge in [0.05, 0.1) is 17.0 Å². The van der Waals surface area contributed by atoms with E-state index in [4.69, 9.17) is 26.7 Å². The Kier molecular flexibility index (Phi) is 7.02. The van der Waals surface area contributed by atoms with Gasteiger partial charge in [0.2, 0.25) is 6.79 Å². The summed E-state index contributed by atoms with van der Waals surface area (Å²) >= 11 is 6.77. The zero-order valence-corrected chi connectivity index (χ0v) is 24.8. The largest absolute Gasteiger partial charge is 0.454 e. The Morgan fingerprint density at radius 3 is 2.53 bits per heavy atom. The van der Waals surface area contributed by atoms with Crippen molar-refractivity contribution in [2.75, 3.05) is 42.8 Å². The van der Waals surface area contributed by atoms with E-state index in [9.17, 15) is 14.0 Å². The van der Waals surface area contributed by atoms with Gasteiger partial charge in [0.25, 0.3) is 11.5 Å². The number of carbonyl (C=O) groups excluding carboxylic acids is 1. The Hall–Kier alpha value is -4.42. The fourth-order valence-corrected chi connectivity index (χ4v) is 6.72. The molecule has 3 aliphatic rings. The van der Waals surface area contributed by atoms with Crippen molar-refractivity contribution in [2.24, 2.45) is 0 Å². The second kappa shape index (κ2) is 11.0. The number of thiocarbonyl (C=S) groups is 1. The second-order valence-corrected chi connectivity index (χ2v) is 12.1. The zero-order valence-electron chi connectivity index (χ0n) is 23.2. The van der Waals surface area contributed by atoms with E-state index in [2.05, 4.69) is 9.80 Å². The highest BCUT2D eigenvalue weighted by molar-refractivity contribution is 8.26. The van der Waals surface area contributed by atoms with E-state index in [1.165, 1.54) is 33.2 Å². The van der Waals surface area contributed by atoms with Gasteiger partial charge in [0.15, 0.2) is 11.5 Å². The minimum absolute atomic E-state index is 0.168. The van der Waals surface area contributed by atoms with Crippen molar-refractivity contribution in [1.82, 2.24) is 14.3 Å². The number of anilines is 2. The maximum absolute atomic E-state index is 13.9. The average Bonchev–Trinajstić information content (AvgIpc) is 3.59. The highest BCUT2D eigenvalue weighted by atomic mass is 32.2. The molecule has 2 aromatic heterocycles. The van der Waals surface area contributed by atoms with Crippen LogP contribution in [0.15, 0.2) is 70.5 Å². The number of ether oxygens (including phenoxy) is 2. The Morgan fingerprint density at radius 2 is 1.74 bits per heavy atom. The number of benzene rings is 2. The van der Waals surface area contributed by atoms with Gasteiger partial charge in [-0.05, 0) is 66.6 Å². The third-order valence-corrected chi connectivity index (χ3v) is 9.14. The van der Waals surface area contributed by atoms with Gasteiger partial charge in [-0.1, -0.05) is 36.1 Å². The lowest BCUT2D eigenvalue weighted by Crippen LogP contribution is -2.47. The van der Waals surface area contributed by atoms with Crippen LogP contribution in [0.4, 0.5) is 15.9 Å². The second-order valence-electron chi connectivity index (χ2n) is 10.4. The first-order chi connectivity index (χ1) is 20.9. The fraction of sp³-hybridized carbons (Fsp3) is 0.226. The van der Waals surface area contributed by atoms with Crippen molar-refractivity contribution in [3.05, 3.63) is 98.6 Å². The van der Waals surface area contributed by atoms with Crippen LogP contribution in [-0.4, -0.2) is 57.5 Å². The van der Waals surface area contributed by atoms with E-state index >= 15 is 0 Å². The molecule has 12 heteroatoms. The average molecular weight is 616 g/mol. The van der Waals surface area contributed by atoms with E-state index in [0.29, 0.717) is 63.9 Å². The van der Waals surface area contributed by atoms with E-state index < -0.39 is 0 Å². The van der Waals surface area contributed by atoms with Crippen LogP contribution < -0.4 is 24.8 Å². The number of aromatic nitrogens is 2. The molecule has 0 atom stereocenters. The van der Waals surface area contributed by atoms with Crippen LogP contribution in [0.5, 0.6) is 11.5 Å². The Bertz CT molecular complexity index is 1870. The van der Waals surface area contributed by atoms with Crippen LogP contribution in [0, 0.1) is 12.7 Å². The van der Waals surface area contributed by atoms with Crippen molar-refractivity contribution >= 4 is 57.4 Å². The number of hydrogen-bond donors (Lipinski definition) is 0. The summed E-state index contributed by atoms with van der Waals surface area (Å²) in [4.78, 5) is 38.7. The summed E-state index contributed by atoms with van der Waals surface area (Å²) < 4.78 is 26.3. The summed E-state index contributed by atoms with van der Waals surface area (Å²) in [6.45, 7) is 4.87. The van der Waals surface area contributed by atoms with Gasteiger partial charge in [-0.2, -0.15) is 0 Å². The molecule has 7 rings (SSSR count). The minimum atomic E-state index is -0.274. The van der Waals surface area contributed by atoms with Gasteiger partial charge < -0.3 is 19.3 Å². The summed E-state index contributed by atoms with van der Waals surface area (Å²) in [5.41, 5.74) is 3.30. The van der Waals surface area contributed by atoms with Crippen molar-refractivity contribution in [3.63, 3.8) is 0 Å². The number of halogens is 1. The first-order valence-corrected chi connectivity index (χ1v) is 15.0. The molecule has 1 amide bonds. The number of pyridine rings is 1. The zero-order chi connectivity index (χ0) is 29.7. The molecule has 9 nitrogen and oxygen atoms in total. The Balaban J connectivity index is 1.21. The quantitative estimate of drug-likeness (QED) is 0.237.